The molecule has 14 heavy (non-hydrogen) atoms. The standard InChI is InChI=1S/C9H12BrFO3/c1-3-6-8(11)4-9(8,7(10)13-6)14-5(2)12/h6-7H,3-4H2,1-2H3/t6-,7?,8+,9+/m1/s1. The quantitative estimate of drug-likeness (QED) is 0.566. The summed E-state index contributed by atoms with van der Waals surface area (Å²) in [4.78, 5) is 10.8. The Bertz CT molecular complexity index is 285. The predicted molar refractivity (Wildman–Crippen MR) is 50.8 cm³/mol. The van der Waals surface area contributed by atoms with Crippen LogP contribution in [0.25, 0.3) is 0 Å². The molecule has 0 aromatic rings. The van der Waals surface area contributed by atoms with Crippen LogP contribution >= 0.6 is 15.9 Å². The monoisotopic (exact) mass is 266 g/mol. The molecule has 5 heteroatoms. The van der Waals surface area contributed by atoms with Crippen LogP contribution in [-0.4, -0.2) is 28.4 Å². The van der Waals surface area contributed by atoms with Gasteiger partial charge in [0, 0.05) is 13.3 Å². The fourth-order valence-electron chi connectivity index (χ4n) is 2.20. The maximum absolute atomic E-state index is 14.2. The van der Waals surface area contributed by atoms with E-state index in [2.05, 4.69) is 15.9 Å². The largest absolute Gasteiger partial charge is 0.452 e. The minimum atomic E-state index is -1.48. The van der Waals surface area contributed by atoms with Crippen LogP contribution in [0.3, 0.4) is 0 Å². The lowest BCUT2D eigenvalue weighted by atomic mass is 10.1. The van der Waals surface area contributed by atoms with Crippen LogP contribution in [0, 0.1) is 0 Å². The molecule has 1 heterocycles. The van der Waals surface area contributed by atoms with Crippen LogP contribution < -0.4 is 0 Å². The number of rotatable bonds is 2. The maximum Gasteiger partial charge on any atom is 0.303 e. The summed E-state index contributed by atoms with van der Waals surface area (Å²) in [6.07, 6.45) is 0.363. The molecular formula is C9H12BrFO3. The van der Waals surface area contributed by atoms with Crippen LogP contribution in [0.5, 0.6) is 0 Å². The Morgan fingerprint density at radius 3 is 2.79 bits per heavy atom. The highest BCUT2D eigenvalue weighted by atomic mass is 79.9. The van der Waals surface area contributed by atoms with Gasteiger partial charge in [-0.1, -0.05) is 22.9 Å². The van der Waals surface area contributed by atoms with Gasteiger partial charge in [-0.05, 0) is 6.42 Å². The first-order valence-electron chi connectivity index (χ1n) is 4.64. The lowest BCUT2D eigenvalue weighted by Crippen LogP contribution is -2.31. The summed E-state index contributed by atoms with van der Waals surface area (Å²) in [6, 6.07) is 0. The molecule has 1 saturated heterocycles. The SMILES string of the molecule is CC[C@H]1OC(Br)[C@@]2(OC(C)=O)C[C@]12F. The molecule has 2 aliphatic rings. The third kappa shape index (κ3) is 1.08. The summed E-state index contributed by atoms with van der Waals surface area (Å²) in [5.41, 5.74) is -2.55. The zero-order valence-electron chi connectivity index (χ0n) is 8.05. The van der Waals surface area contributed by atoms with Crippen molar-refractivity contribution in [2.45, 2.75) is 49.1 Å². The molecule has 1 unspecified atom stereocenters. The van der Waals surface area contributed by atoms with E-state index >= 15 is 0 Å². The van der Waals surface area contributed by atoms with Gasteiger partial charge in [-0.25, -0.2) is 4.39 Å². The van der Waals surface area contributed by atoms with Crippen molar-refractivity contribution >= 4 is 21.9 Å². The second-order valence-electron chi connectivity index (χ2n) is 3.87. The number of halogens is 2. The molecule has 0 aromatic carbocycles. The fourth-order valence-corrected chi connectivity index (χ4v) is 3.10. The van der Waals surface area contributed by atoms with E-state index in [9.17, 15) is 9.18 Å². The lowest BCUT2D eigenvalue weighted by molar-refractivity contribution is -0.151. The highest BCUT2D eigenvalue weighted by Gasteiger charge is 2.84. The number of carbonyl (C=O) groups excluding carboxylic acids is 1. The number of alkyl halides is 2. The molecule has 0 radical (unpaired) electrons. The van der Waals surface area contributed by atoms with Crippen molar-refractivity contribution in [3.63, 3.8) is 0 Å². The third-order valence-electron chi connectivity index (χ3n) is 2.96. The van der Waals surface area contributed by atoms with Crippen LogP contribution in [0.4, 0.5) is 4.39 Å². The lowest BCUT2D eigenvalue weighted by Gasteiger charge is -2.16. The Kier molecular flexibility index (Phi) is 2.16. The van der Waals surface area contributed by atoms with E-state index in [1.165, 1.54) is 6.92 Å². The first kappa shape index (κ1) is 10.4. The zero-order chi connectivity index (χ0) is 10.6. The van der Waals surface area contributed by atoms with E-state index in [0.717, 1.165) is 0 Å². The summed E-state index contributed by atoms with van der Waals surface area (Å²) < 4.78 is 24.6. The van der Waals surface area contributed by atoms with Gasteiger partial charge >= 0.3 is 5.97 Å². The van der Waals surface area contributed by atoms with Gasteiger partial charge in [0.2, 0.25) is 0 Å². The summed E-state index contributed by atoms with van der Waals surface area (Å²) >= 11 is 3.21. The van der Waals surface area contributed by atoms with E-state index in [1.54, 1.807) is 0 Å². The molecule has 2 fully saturated rings. The number of esters is 1. The third-order valence-corrected chi connectivity index (χ3v) is 3.91. The van der Waals surface area contributed by atoms with E-state index in [1.807, 2.05) is 6.92 Å². The Balaban J connectivity index is 2.20. The number of hydrogen-bond donors (Lipinski definition) is 0. The number of hydrogen-bond acceptors (Lipinski definition) is 3. The highest BCUT2D eigenvalue weighted by molar-refractivity contribution is 9.09. The van der Waals surface area contributed by atoms with Crippen molar-refractivity contribution in [3.8, 4) is 0 Å². The van der Waals surface area contributed by atoms with Gasteiger partial charge in [0.25, 0.3) is 0 Å². The molecule has 0 N–H and O–H groups in total. The van der Waals surface area contributed by atoms with Crippen molar-refractivity contribution in [3.05, 3.63) is 0 Å². The maximum atomic E-state index is 14.2. The fraction of sp³-hybridized carbons (Fsp3) is 0.889. The molecule has 1 aliphatic heterocycles. The molecule has 80 valence electrons. The molecule has 3 nitrogen and oxygen atoms in total. The van der Waals surface area contributed by atoms with Crippen LogP contribution in [0.1, 0.15) is 26.7 Å². The Morgan fingerprint density at radius 1 is 1.79 bits per heavy atom. The van der Waals surface area contributed by atoms with E-state index < -0.39 is 28.4 Å². The number of ether oxygens (including phenoxy) is 2. The van der Waals surface area contributed by atoms with Crippen molar-refractivity contribution < 1.29 is 18.7 Å². The zero-order valence-corrected chi connectivity index (χ0v) is 9.64. The normalized spacial score (nSPS) is 50.0. The molecule has 1 saturated carbocycles. The van der Waals surface area contributed by atoms with Crippen molar-refractivity contribution in [1.29, 1.82) is 0 Å². The summed E-state index contributed by atoms with van der Waals surface area (Å²) in [5.74, 6) is -0.464. The van der Waals surface area contributed by atoms with Gasteiger partial charge in [-0.2, -0.15) is 0 Å². The smallest absolute Gasteiger partial charge is 0.303 e. The Labute approximate surface area is 90.1 Å². The first-order valence-corrected chi connectivity index (χ1v) is 5.56. The van der Waals surface area contributed by atoms with E-state index in [4.69, 9.17) is 9.47 Å². The number of fused-ring (bicyclic) bond motifs is 1. The molecule has 0 spiro atoms. The first-order chi connectivity index (χ1) is 6.46. The van der Waals surface area contributed by atoms with Gasteiger partial charge in [0.1, 0.15) is 0 Å². The highest BCUT2D eigenvalue weighted by Crippen LogP contribution is 2.66. The van der Waals surface area contributed by atoms with E-state index in [0.29, 0.717) is 6.42 Å². The molecule has 0 aromatic heterocycles. The van der Waals surface area contributed by atoms with Crippen molar-refractivity contribution in [1.82, 2.24) is 0 Å². The summed E-state index contributed by atoms with van der Waals surface area (Å²) in [7, 11) is 0. The van der Waals surface area contributed by atoms with Gasteiger partial charge < -0.3 is 9.47 Å². The molecule has 0 amide bonds. The van der Waals surface area contributed by atoms with Gasteiger partial charge in [0.05, 0.1) is 6.10 Å². The van der Waals surface area contributed by atoms with E-state index in [-0.39, 0.29) is 6.42 Å². The molecule has 2 rings (SSSR count). The van der Waals surface area contributed by atoms with Crippen molar-refractivity contribution in [2.24, 2.45) is 0 Å². The van der Waals surface area contributed by atoms with Gasteiger partial charge in [0.15, 0.2) is 16.3 Å². The minimum Gasteiger partial charge on any atom is -0.452 e. The van der Waals surface area contributed by atoms with Gasteiger partial charge in [-0.3, -0.25) is 4.79 Å². The molecule has 4 atom stereocenters. The average Bonchev–Trinajstić information content (AvgIpc) is 2.61. The Hall–Kier alpha value is -0.160. The molecule has 1 aliphatic carbocycles. The second-order valence-corrected chi connectivity index (χ2v) is 4.70. The summed E-state index contributed by atoms with van der Waals surface area (Å²) in [6.45, 7) is 3.14. The minimum absolute atomic E-state index is 0.244. The number of carbonyl (C=O) groups is 1. The average molecular weight is 267 g/mol. The molecular weight excluding hydrogens is 255 g/mol. The van der Waals surface area contributed by atoms with Crippen LogP contribution in [0.15, 0.2) is 0 Å². The van der Waals surface area contributed by atoms with Crippen LogP contribution in [0.2, 0.25) is 0 Å². The van der Waals surface area contributed by atoms with Gasteiger partial charge in [-0.15, -0.1) is 0 Å². The predicted octanol–water partition coefficient (Wildman–Crippen LogP) is 1.93. The molecule has 0 bridgehead atoms. The van der Waals surface area contributed by atoms with Crippen molar-refractivity contribution in [2.75, 3.05) is 0 Å². The Morgan fingerprint density at radius 2 is 2.43 bits per heavy atom. The second kappa shape index (κ2) is 2.92. The van der Waals surface area contributed by atoms with Crippen LogP contribution in [-0.2, 0) is 14.3 Å². The summed E-state index contributed by atoms with van der Waals surface area (Å²) in [5, 5.41) is -0.520. The topological polar surface area (TPSA) is 35.5 Å².